The van der Waals surface area contributed by atoms with Gasteiger partial charge < -0.3 is 30.2 Å². The number of benzene rings is 1. The average Bonchev–Trinajstić information content (AvgIpc) is 3.30. The molecule has 1 fully saturated rings. The number of carboxylic acid groups (broad SMARTS) is 1. The number of nitrogen functional groups attached to an aromatic ring is 1. The number of amidine groups is 1. The molecule has 1 aromatic heterocycles. The minimum absolute atomic E-state index is 0.0218. The van der Waals surface area contributed by atoms with Crippen molar-refractivity contribution in [3.63, 3.8) is 0 Å². The lowest BCUT2D eigenvalue weighted by molar-refractivity contribution is -0.157. The summed E-state index contributed by atoms with van der Waals surface area (Å²) in [5.74, 6) is -1.96. The molecular weight excluding hydrogens is 416 g/mol. The van der Waals surface area contributed by atoms with Crippen LogP contribution in [0.1, 0.15) is 36.8 Å². The molecule has 32 heavy (non-hydrogen) atoms. The summed E-state index contributed by atoms with van der Waals surface area (Å²) in [7, 11) is 0. The molecule has 1 aromatic carbocycles. The molecule has 2 amide bonds. The molecule has 0 spiro atoms. The molecule has 1 atom stereocenters. The number of ether oxygens (including phenoxy) is 1. The third-order valence-electron chi connectivity index (χ3n) is 5.50. The van der Waals surface area contributed by atoms with Gasteiger partial charge in [0.25, 0.3) is 0 Å². The fourth-order valence-electron chi connectivity index (χ4n) is 3.93. The number of nitrogens with zero attached hydrogens (tertiary/aromatic N) is 1. The van der Waals surface area contributed by atoms with Crippen LogP contribution >= 0.6 is 0 Å². The molecule has 3 rings (SSSR count). The summed E-state index contributed by atoms with van der Waals surface area (Å²) in [6.07, 6.45) is 3.98. The van der Waals surface area contributed by atoms with Crippen molar-refractivity contribution in [1.82, 2.24) is 10.2 Å². The van der Waals surface area contributed by atoms with Crippen LogP contribution in [0.25, 0.3) is 0 Å². The number of rotatable bonds is 11. The second-order valence-corrected chi connectivity index (χ2v) is 7.57. The fourth-order valence-corrected chi connectivity index (χ4v) is 3.93. The number of hydrogen-bond donors (Lipinski definition) is 4. The molecule has 10 heteroatoms. The highest BCUT2D eigenvalue weighted by molar-refractivity contribution is 6.35. The van der Waals surface area contributed by atoms with E-state index in [1.54, 1.807) is 30.3 Å². The number of amides is 2. The van der Waals surface area contributed by atoms with Gasteiger partial charge in [-0.05, 0) is 49.6 Å². The van der Waals surface area contributed by atoms with Crippen LogP contribution in [0, 0.1) is 5.41 Å². The van der Waals surface area contributed by atoms with Crippen molar-refractivity contribution in [2.45, 2.75) is 31.2 Å². The number of piperazine rings is 1. The van der Waals surface area contributed by atoms with Gasteiger partial charge in [-0.3, -0.25) is 19.8 Å². The smallest absolute Gasteiger partial charge is 0.312 e. The maximum atomic E-state index is 12.6. The largest absolute Gasteiger partial charge is 0.494 e. The quantitative estimate of drug-likeness (QED) is 0.177. The number of hydrogen-bond acceptors (Lipinski definition) is 6. The topological polar surface area (TPSA) is 159 Å². The van der Waals surface area contributed by atoms with E-state index < -0.39 is 23.3 Å². The Morgan fingerprint density at radius 1 is 1.25 bits per heavy atom. The van der Waals surface area contributed by atoms with Crippen molar-refractivity contribution in [1.29, 1.82) is 5.41 Å². The van der Waals surface area contributed by atoms with Gasteiger partial charge in [-0.25, -0.2) is 0 Å². The third kappa shape index (κ3) is 5.08. The van der Waals surface area contributed by atoms with Crippen LogP contribution < -0.4 is 15.8 Å². The monoisotopic (exact) mass is 442 g/mol. The predicted octanol–water partition coefficient (Wildman–Crippen LogP) is 1.44. The van der Waals surface area contributed by atoms with Gasteiger partial charge in [-0.1, -0.05) is 0 Å². The molecule has 1 aliphatic heterocycles. The number of carbonyl (C=O) groups is 3. The van der Waals surface area contributed by atoms with Crippen molar-refractivity contribution < 1.29 is 28.6 Å². The molecular formula is C22H26N4O6. The Labute approximate surface area is 184 Å². The van der Waals surface area contributed by atoms with Gasteiger partial charge in [-0.2, -0.15) is 0 Å². The standard InChI is InChI=1S/C22H26N4O6/c23-19(24)15-3-5-17(6-4-15)32-11-2-1-8-22(13-18(27)28,16-7-12-31-14-16)26-10-9-25-20(29)21(26)30/h3-7,12,14H,1-2,8-11,13H2,(H3,23,24)(H,25,29)(H,27,28). The Morgan fingerprint density at radius 2 is 2.00 bits per heavy atom. The van der Waals surface area contributed by atoms with Gasteiger partial charge in [0.15, 0.2) is 0 Å². The van der Waals surface area contributed by atoms with Crippen LogP contribution in [0.2, 0.25) is 0 Å². The molecule has 0 saturated carbocycles. The number of furan rings is 1. The first kappa shape index (κ1) is 22.9. The molecule has 170 valence electrons. The molecule has 5 N–H and O–H groups in total. The van der Waals surface area contributed by atoms with Crippen LogP contribution in [0.5, 0.6) is 5.75 Å². The summed E-state index contributed by atoms with van der Waals surface area (Å²) in [5.41, 5.74) is 5.39. The highest BCUT2D eigenvalue weighted by Gasteiger charge is 2.46. The number of carbonyl (C=O) groups excluding carboxylic acids is 2. The number of nitrogens with two attached hydrogens (primary N) is 1. The molecule has 2 heterocycles. The molecule has 1 saturated heterocycles. The molecule has 2 aromatic rings. The zero-order chi connectivity index (χ0) is 23.1. The fraction of sp³-hybridized carbons (Fsp3) is 0.364. The number of unbranched alkanes of at least 4 members (excludes halogenated alkanes) is 1. The van der Waals surface area contributed by atoms with Crippen LogP contribution in [0.4, 0.5) is 0 Å². The highest BCUT2D eigenvalue weighted by Crippen LogP contribution is 2.38. The zero-order valence-electron chi connectivity index (χ0n) is 17.5. The van der Waals surface area contributed by atoms with E-state index in [0.717, 1.165) is 0 Å². The minimum Gasteiger partial charge on any atom is -0.494 e. The van der Waals surface area contributed by atoms with Gasteiger partial charge in [0.05, 0.1) is 31.1 Å². The predicted molar refractivity (Wildman–Crippen MR) is 114 cm³/mol. The molecule has 0 bridgehead atoms. The van der Waals surface area contributed by atoms with Crippen molar-refractivity contribution in [2.75, 3.05) is 19.7 Å². The second-order valence-electron chi connectivity index (χ2n) is 7.57. The number of carboxylic acids is 1. The maximum Gasteiger partial charge on any atom is 0.312 e. The molecule has 1 unspecified atom stereocenters. The average molecular weight is 442 g/mol. The van der Waals surface area contributed by atoms with E-state index in [1.165, 1.54) is 17.4 Å². The van der Waals surface area contributed by atoms with Gasteiger partial charge in [0.2, 0.25) is 0 Å². The highest BCUT2D eigenvalue weighted by atomic mass is 16.5. The van der Waals surface area contributed by atoms with E-state index in [9.17, 15) is 19.5 Å². The Hall–Kier alpha value is -3.82. The van der Waals surface area contributed by atoms with Gasteiger partial charge >= 0.3 is 17.8 Å². The van der Waals surface area contributed by atoms with E-state index in [-0.39, 0.29) is 25.3 Å². The van der Waals surface area contributed by atoms with Crippen molar-refractivity contribution in [3.8, 4) is 5.75 Å². The summed E-state index contributed by atoms with van der Waals surface area (Å²) in [6.45, 7) is 0.841. The van der Waals surface area contributed by atoms with Crippen molar-refractivity contribution in [2.24, 2.45) is 5.73 Å². The van der Waals surface area contributed by atoms with E-state index >= 15 is 0 Å². The lowest BCUT2D eigenvalue weighted by Gasteiger charge is -2.44. The third-order valence-corrected chi connectivity index (χ3v) is 5.50. The number of aliphatic carboxylic acids is 1. The SMILES string of the molecule is N=C(N)c1ccc(OCCCCC(CC(=O)O)(c2ccoc2)N2CCNC(=O)C2=O)cc1. The van der Waals surface area contributed by atoms with Gasteiger partial charge in [-0.15, -0.1) is 0 Å². The van der Waals surface area contributed by atoms with Crippen LogP contribution in [-0.2, 0) is 19.9 Å². The van der Waals surface area contributed by atoms with Crippen molar-refractivity contribution in [3.05, 3.63) is 54.0 Å². The van der Waals surface area contributed by atoms with Crippen LogP contribution in [0.15, 0.2) is 47.3 Å². The first-order valence-corrected chi connectivity index (χ1v) is 10.2. The van der Waals surface area contributed by atoms with E-state index in [1.807, 2.05) is 0 Å². The summed E-state index contributed by atoms with van der Waals surface area (Å²) in [6, 6.07) is 8.47. The Bertz CT molecular complexity index is 973. The molecule has 0 radical (unpaired) electrons. The van der Waals surface area contributed by atoms with Crippen LogP contribution in [-0.4, -0.2) is 53.3 Å². The van der Waals surface area contributed by atoms with Gasteiger partial charge in [0.1, 0.15) is 11.6 Å². The van der Waals surface area contributed by atoms with Crippen LogP contribution in [0.3, 0.4) is 0 Å². The number of nitrogens with one attached hydrogen (secondary N) is 2. The molecule has 10 nitrogen and oxygen atoms in total. The summed E-state index contributed by atoms with van der Waals surface area (Å²) < 4.78 is 10.9. The molecule has 0 aliphatic carbocycles. The summed E-state index contributed by atoms with van der Waals surface area (Å²) in [5, 5.41) is 19.5. The summed E-state index contributed by atoms with van der Waals surface area (Å²) in [4.78, 5) is 37.8. The van der Waals surface area contributed by atoms with E-state index in [4.69, 9.17) is 20.3 Å². The summed E-state index contributed by atoms with van der Waals surface area (Å²) >= 11 is 0. The maximum absolute atomic E-state index is 12.6. The Kier molecular flexibility index (Phi) is 7.14. The van der Waals surface area contributed by atoms with Crippen molar-refractivity contribution >= 4 is 23.6 Å². The lowest BCUT2D eigenvalue weighted by Crippen LogP contribution is -2.60. The normalized spacial score (nSPS) is 15.7. The first-order chi connectivity index (χ1) is 15.3. The van der Waals surface area contributed by atoms with E-state index in [0.29, 0.717) is 42.7 Å². The first-order valence-electron chi connectivity index (χ1n) is 10.2. The van der Waals surface area contributed by atoms with Gasteiger partial charge in [0, 0.05) is 24.2 Å². The minimum atomic E-state index is -1.20. The molecule has 1 aliphatic rings. The zero-order valence-corrected chi connectivity index (χ0v) is 17.5. The lowest BCUT2D eigenvalue weighted by atomic mass is 9.81. The van der Waals surface area contributed by atoms with E-state index in [2.05, 4.69) is 5.32 Å². The second kappa shape index (κ2) is 9.99. The Morgan fingerprint density at radius 3 is 2.62 bits per heavy atom. The Balaban J connectivity index is 1.70.